The second-order valence-corrected chi connectivity index (χ2v) is 8.28. The van der Waals surface area contributed by atoms with Crippen LogP contribution in [0, 0.1) is 11.8 Å². The number of guanidine groups is 1. The average Bonchev–Trinajstić information content (AvgIpc) is 3.06. The van der Waals surface area contributed by atoms with Crippen molar-refractivity contribution in [1.82, 2.24) is 24.9 Å². The van der Waals surface area contributed by atoms with Crippen LogP contribution in [0.1, 0.15) is 27.2 Å². The fourth-order valence-corrected chi connectivity index (χ4v) is 4.37. The molecule has 2 atom stereocenters. The van der Waals surface area contributed by atoms with Gasteiger partial charge in [0.2, 0.25) is 5.91 Å². The van der Waals surface area contributed by atoms with Crippen LogP contribution in [0.15, 0.2) is 17.4 Å². The molecule has 0 aliphatic carbocycles. The minimum Gasteiger partial charge on any atom is -0.357 e. The van der Waals surface area contributed by atoms with E-state index in [-0.39, 0.29) is 5.91 Å². The van der Waals surface area contributed by atoms with E-state index in [9.17, 15) is 4.79 Å². The van der Waals surface area contributed by atoms with Crippen LogP contribution in [0.25, 0.3) is 0 Å². The van der Waals surface area contributed by atoms with Crippen LogP contribution in [0.4, 0.5) is 5.69 Å². The van der Waals surface area contributed by atoms with Crippen molar-refractivity contribution >= 4 is 17.6 Å². The second kappa shape index (κ2) is 9.41. The van der Waals surface area contributed by atoms with Gasteiger partial charge >= 0.3 is 0 Å². The molecule has 0 aromatic carbocycles. The normalized spacial score (nSPS) is 24.7. The summed E-state index contributed by atoms with van der Waals surface area (Å²) >= 11 is 0. The maximum Gasteiger partial charge on any atom is 0.246 e. The number of aromatic nitrogens is 2. The van der Waals surface area contributed by atoms with Crippen molar-refractivity contribution in [2.45, 2.75) is 27.2 Å². The fraction of sp³-hybridized carbons (Fsp3) is 0.750. The lowest BCUT2D eigenvalue weighted by Gasteiger charge is -2.36. The molecule has 28 heavy (non-hydrogen) atoms. The number of amides is 1. The second-order valence-electron chi connectivity index (χ2n) is 8.28. The Bertz CT molecular complexity index is 676. The van der Waals surface area contributed by atoms with Crippen LogP contribution >= 0.6 is 0 Å². The van der Waals surface area contributed by atoms with E-state index in [1.165, 1.54) is 19.5 Å². The van der Waals surface area contributed by atoms with Crippen LogP contribution in [0.5, 0.6) is 0 Å². The number of carbonyl (C=O) groups is 1. The summed E-state index contributed by atoms with van der Waals surface area (Å²) in [5, 5.41) is 7.53. The molecule has 2 fully saturated rings. The van der Waals surface area contributed by atoms with Gasteiger partial charge in [0.15, 0.2) is 5.96 Å². The van der Waals surface area contributed by atoms with Gasteiger partial charge in [-0.05, 0) is 25.2 Å². The standard InChI is InChI=1S/C20H35N7O/c1-5-21-20(22-6-7-25-12-16(2)10-17(3)13-25)26-8-9-27(19(28)15-26)18-11-23-24(4)14-18/h11,14,16-17H,5-10,12-13,15H2,1-4H3,(H,21,22). The number of nitrogens with one attached hydrogen (secondary N) is 1. The Morgan fingerprint density at radius 2 is 2.04 bits per heavy atom. The first-order chi connectivity index (χ1) is 13.5. The predicted octanol–water partition coefficient (Wildman–Crippen LogP) is 1.01. The molecular formula is C20H35N7O. The first-order valence-electron chi connectivity index (χ1n) is 10.5. The number of likely N-dealkylation sites (tertiary alicyclic amines) is 1. The number of piperazine rings is 1. The number of aryl methyl sites for hydroxylation is 1. The maximum absolute atomic E-state index is 12.7. The Hall–Kier alpha value is -2.09. The molecule has 1 N–H and O–H groups in total. The monoisotopic (exact) mass is 389 g/mol. The van der Waals surface area contributed by atoms with Gasteiger partial charge < -0.3 is 20.0 Å². The van der Waals surface area contributed by atoms with Gasteiger partial charge in [-0.25, -0.2) is 0 Å². The predicted molar refractivity (Wildman–Crippen MR) is 112 cm³/mol. The zero-order valence-corrected chi connectivity index (χ0v) is 17.8. The third-order valence-electron chi connectivity index (χ3n) is 5.48. The Morgan fingerprint density at radius 1 is 1.29 bits per heavy atom. The SMILES string of the molecule is CCNC(=NCCN1CC(C)CC(C)C1)N1CCN(c2cnn(C)c2)C(=O)C1. The molecule has 8 nitrogen and oxygen atoms in total. The molecule has 2 aliphatic heterocycles. The number of rotatable bonds is 5. The van der Waals surface area contributed by atoms with Gasteiger partial charge in [0.05, 0.1) is 18.4 Å². The van der Waals surface area contributed by atoms with E-state index in [4.69, 9.17) is 4.99 Å². The molecule has 3 rings (SSSR count). The van der Waals surface area contributed by atoms with E-state index in [2.05, 4.69) is 41.0 Å². The molecular weight excluding hydrogens is 354 g/mol. The van der Waals surface area contributed by atoms with E-state index in [1.807, 2.05) is 18.1 Å². The molecule has 0 saturated carbocycles. The van der Waals surface area contributed by atoms with Crippen molar-refractivity contribution in [1.29, 1.82) is 0 Å². The van der Waals surface area contributed by atoms with E-state index in [1.54, 1.807) is 10.9 Å². The van der Waals surface area contributed by atoms with Gasteiger partial charge in [-0.3, -0.25) is 14.5 Å². The van der Waals surface area contributed by atoms with Crippen molar-refractivity contribution < 1.29 is 4.79 Å². The molecule has 2 saturated heterocycles. The van der Waals surface area contributed by atoms with Crippen molar-refractivity contribution in [3.63, 3.8) is 0 Å². The van der Waals surface area contributed by atoms with Gasteiger partial charge in [0.25, 0.3) is 0 Å². The van der Waals surface area contributed by atoms with Gasteiger partial charge in [0.1, 0.15) is 6.54 Å². The van der Waals surface area contributed by atoms with E-state index < -0.39 is 0 Å². The van der Waals surface area contributed by atoms with Gasteiger partial charge in [-0.2, -0.15) is 5.10 Å². The average molecular weight is 390 g/mol. The summed E-state index contributed by atoms with van der Waals surface area (Å²) < 4.78 is 1.73. The Morgan fingerprint density at radius 3 is 2.64 bits per heavy atom. The molecule has 8 heteroatoms. The lowest BCUT2D eigenvalue weighted by Crippen LogP contribution is -2.55. The summed E-state index contributed by atoms with van der Waals surface area (Å²) in [6.07, 6.45) is 4.95. The zero-order valence-electron chi connectivity index (χ0n) is 17.8. The summed E-state index contributed by atoms with van der Waals surface area (Å²) in [5.41, 5.74) is 0.863. The molecule has 0 spiro atoms. The third kappa shape index (κ3) is 5.25. The topological polar surface area (TPSA) is 69.0 Å². The fourth-order valence-electron chi connectivity index (χ4n) is 4.37. The smallest absolute Gasteiger partial charge is 0.246 e. The number of hydrogen-bond acceptors (Lipinski definition) is 4. The Balaban J connectivity index is 1.56. The highest BCUT2D eigenvalue weighted by Crippen LogP contribution is 2.20. The number of carbonyl (C=O) groups excluding carboxylic acids is 1. The Kier molecular flexibility index (Phi) is 6.93. The largest absolute Gasteiger partial charge is 0.357 e. The first-order valence-corrected chi connectivity index (χ1v) is 10.5. The van der Waals surface area contributed by atoms with Gasteiger partial charge in [-0.15, -0.1) is 0 Å². The quantitative estimate of drug-likeness (QED) is 0.601. The maximum atomic E-state index is 12.7. The molecule has 0 bridgehead atoms. The molecule has 2 aliphatic rings. The molecule has 1 amide bonds. The summed E-state index contributed by atoms with van der Waals surface area (Å²) in [7, 11) is 1.87. The van der Waals surface area contributed by atoms with Crippen LogP contribution in [-0.2, 0) is 11.8 Å². The Labute approximate surface area is 168 Å². The zero-order chi connectivity index (χ0) is 20.1. The molecule has 2 unspecified atom stereocenters. The minimum absolute atomic E-state index is 0.0866. The van der Waals surface area contributed by atoms with Crippen molar-refractivity contribution in [2.75, 3.05) is 57.3 Å². The third-order valence-corrected chi connectivity index (χ3v) is 5.48. The van der Waals surface area contributed by atoms with Gasteiger partial charge in [-0.1, -0.05) is 13.8 Å². The van der Waals surface area contributed by atoms with Crippen LogP contribution in [-0.4, -0.2) is 83.8 Å². The summed E-state index contributed by atoms with van der Waals surface area (Å²) in [5.74, 6) is 2.46. The van der Waals surface area contributed by atoms with Crippen molar-refractivity contribution in [2.24, 2.45) is 23.9 Å². The molecule has 1 aromatic rings. The van der Waals surface area contributed by atoms with E-state index in [0.717, 1.165) is 49.7 Å². The van der Waals surface area contributed by atoms with Crippen molar-refractivity contribution in [3.8, 4) is 0 Å². The van der Waals surface area contributed by atoms with E-state index >= 15 is 0 Å². The number of nitrogens with zero attached hydrogens (tertiary/aromatic N) is 6. The lowest BCUT2D eigenvalue weighted by atomic mass is 9.92. The number of aliphatic imine (C=N–C) groups is 1. The van der Waals surface area contributed by atoms with Crippen LogP contribution in [0.3, 0.4) is 0 Å². The highest BCUT2D eigenvalue weighted by atomic mass is 16.2. The van der Waals surface area contributed by atoms with E-state index in [0.29, 0.717) is 13.1 Å². The summed E-state index contributed by atoms with van der Waals surface area (Å²) in [4.78, 5) is 23.9. The summed E-state index contributed by atoms with van der Waals surface area (Å²) in [6, 6.07) is 0. The van der Waals surface area contributed by atoms with Crippen LogP contribution < -0.4 is 10.2 Å². The molecule has 156 valence electrons. The van der Waals surface area contributed by atoms with Crippen molar-refractivity contribution in [3.05, 3.63) is 12.4 Å². The highest BCUT2D eigenvalue weighted by molar-refractivity contribution is 5.98. The number of hydrogen-bond donors (Lipinski definition) is 1. The lowest BCUT2D eigenvalue weighted by molar-refractivity contribution is -0.120. The minimum atomic E-state index is 0.0866. The number of anilines is 1. The highest BCUT2D eigenvalue weighted by Gasteiger charge is 2.28. The number of piperidine rings is 1. The molecule has 3 heterocycles. The molecule has 1 aromatic heterocycles. The first kappa shape index (κ1) is 20.6. The summed E-state index contributed by atoms with van der Waals surface area (Å²) in [6.45, 7) is 13.4. The molecule has 0 radical (unpaired) electrons. The van der Waals surface area contributed by atoms with Gasteiger partial charge in [0, 0.05) is 52.5 Å². The van der Waals surface area contributed by atoms with Crippen LogP contribution in [0.2, 0.25) is 0 Å².